The molecule has 3 aromatic rings. The molecule has 0 spiro atoms. The SMILES string of the molecule is CCCC1=NN(c2ccncc2)C(=O)/C1=C\Nc1ccccc1CC.CCc1ccccc1N. The van der Waals surface area contributed by atoms with Crippen LogP contribution in [-0.2, 0) is 17.6 Å². The molecule has 0 bridgehead atoms. The van der Waals surface area contributed by atoms with Gasteiger partial charge in [0.1, 0.15) is 0 Å². The minimum Gasteiger partial charge on any atom is -0.399 e. The van der Waals surface area contributed by atoms with Crippen molar-refractivity contribution in [2.45, 2.75) is 46.5 Å². The first-order chi connectivity index (χ1) is 16.6. The number of nitrogens with zero attached hydrogens (tertiary/aromatic N) is 3. The first kappa shape index (κ1) is 24.7. The van der Waals surface area contributed by atoms with Gasteiger partial charge in [-0.1, -0.05) is 63.6 Å². The molecule has 6 nitrogen and oxygen atoms in total. The van der Waals surface area contributed by atoms with Crippen LogP contribution in [0.4, 0.5) is 17.1 Å². The van der Waals surface area contributed by atoms with Gasteiger partial charge in [0.25, 0.3) is 5.91 Å². The number of hydrogen-bond donors (Lipinski definition) is 2. The van der Waals surface area contributed by atoms with Crippen LogP contribution < -0.4 is 16.1 Å². The summed E-state index contributed by atoms with van der Waals surface area (Å²) in [6.07, 6.45) is 8.75. The summed E-state index contributed by atoms with van der Waals surface area (Å²) >= 11 is 0. The molecule has 0 atom stereocenters. The fraction of sp³-hybridized carbons (Fsp3) is 0.250. The Morgan fingerprint density at radius 1 is 0.912 bits per heavy atom. The summed E-state index contributed by atoms with van der Waals surface area (Å²) in [5.74, 6) is -0.115. The number of nitrogens with two attached hydrogens (primary N) is 1. The Hall–Kier alpha value is -3.93. The van der Waals surface area contributed by atoms with Crippen LogP contribution >= 0.6 is 0 Å². The quantitative estimate of drug-likeness (QED) is 0.339. The van der Waals surface area contributed by atoms with Crippen molar-refractivity contribution in [2.24, 2.45) is 5.10 Å². The van der Waals surface area contributed by atoms with Gasteiger partial charge in [0, 0.05) is 30.0 Å². The maximum atomic E-state index is 12.8. The average Bonchev–Trinajstić information content (AvgIpc) is 3.19. The molecule has 34 heavy (non-hydrogen) atoms. The van der Waals surface area contributed by atoms with Crippen molar-refractivity contribution < 1.29 is 4.79 Å². The van der Waals surface area contributed by atoms with Gasteiger partial charge >= 0.3 is 0 Å². The third-order valence-corrected chi connectivity index (χ3v) is 5.55. The van der Waals surface area contributed by atoms with Crippen LogP contribution in [-0.4, -0.2) is 16.6 Å². The maximum absolute atomic E-state index is 12.8. The van der Waals surface area contributed by atoms with E-state index in [4.69, 9.17) is 5.73 Å². The van der Waals surface area contributed by atoms with E-state index in [9.17, 15) is 4.79 Å². The molecule has 1 aliphatic heterocycles. The van der Waals surface area contributed by atoms with E-state index >= 15 is 0 Å². The number of nitrogen functional groups attached to an aromatic ring is 1. The molecule has 2 aromatic carbocycles. The van der Waals surface area contributed by atoms with E-state index in [0.29, 0.717) is 5.57 Å². The highest BCUT2D eigenvalue weighted by Crippen LogP contribution is 2.25. The second-order valence-electron chi connectivity index (χ2n) is 7.88. The maximum Gasteiger partial charge on any atom is 0.282 e. The van der Waals surface area contributed by atoms with Gasteiger partial charge in [0.2, 0.25) is 0 Å². The lowest BCUT2D eigenvalue weighted by Gasteiger charge is -2.11. The van der Waals surface area contributed by atoms with Gasteiger partial charge in [0.15, 0.2) is 0 Å². The summed E-state index contributed by atoms with van der Waals surface area (Å²) in [6.45, 7) is 6.30. The number of aryl methyl sites for hydroxylation is 2. The minimum absolute atomic E-state index is 0.115. The van der Waals surface area contributed by atoms with Crippen molar-refractivity contribution in [1.82, 2.24) is 4.98 Å². The van der Waals surface area contributed by atoms with Crippen molar-refractivity contribution in [3.63, 3.8) is 0 Å². The molecule has 1 amide bonds. The van der Waals surface area contributed by atoms with Gasteiger partial charge in [-0.05, 0) is 54.7 Å². The lowest BCUT2D eigenvalue weighted by atomic mass is 10.1. The van der Waals surface area contributed by atoms with Crippen LogP contribution in [0.15, 0.2) is 89.9 Å². The van der Waals surface area contributed by atoms with Gasteiger partial charge in [-0.15, -0.1) is 0 Å². The summed E-state index contributed by atoms with van der Waals surface area (Å²) < 4.78 is 0. The van der Waals surface area contributed by atoms with Crippen LogP contribution in [0, 0.1) is 0 Å². The Balaban J connectivity index is 0.000000302. The van der Waals surface area contributed by atoms with Gasteiger partial charge in [-0.25, -0.2) is 0 Å². The molecular weight excluding hydrogens is 422 g/mol. The molecule has 1 aliphatic rings. The summed E-state index contributed by atoms with van der Waals surface area (Å²) in [5, 5.41) is 9.27. The summed E-state index contributed by atoms with van der Waals surface area (Å²) in [5.41, 5.74) is 12.2. The highest BCUT2D eigenvalue weighted by molar-refractivity contribution is 6.30. The Bertz CT molecular complexity index is 1150. The van der Waals surface area contributed by atoms with Crippen LogP contribution in [0.5, 0.6) is 0 Å². The molecule has 4 rings (SSSR count). The van der Waals surface area contributed by atoms with E-state index in [-0.39, 0.29) is 5.91 Å². The number of carbonyl (C=O) groups excluding carboxylic acids is 1. The number of nitrogens with one attached hydrogen (secondary N) is 1. The molecule has 0 unspecified atom stereocenters. The highest BCUT2D eigenvalue weighted by atomic mass is 16.2. The van der Waals surface area contributed by atoms with E-state index in [1.54, 1.807) is 30.7 Å². The molecule has 1 aromatic heterocycles. The van der Waals surface area contributed by atoms with E-state index < -0.39 is 0 Å². The number of carbonyl (C=O) groups is 1. The molecule has 6 heteroatoms. The van der Waals surface area contributed by atoms with Gasteiger partial charge in [-0.2, -0.15) is 10.1 Å². The molecular formula is C28H33N5O. The third-order valence-electron chi connectivity index (χ3n) is 5.55. The zero-order chi connectivity index (χ0) is 24.3. The zero-order valence-electron chi connectivity index (χ0n) is 20.2. The number of aromatic nitrogens is 1. The number of hydrazone groups is 1. The normalized spacial score (nSPS) is 14.0. The number of pyridine rings is 1. The molecule has 176 valence electrons. The number of rotatable bonds is 7. The topological polar surface area (TPSA) is 83.6 Å². The van der Waals surface area contributed by atoms with E-state index in [0.717, 1.165) is 48.5 Å². The summed E-state index contributed by atoms with van der Waals surface area (Å²) in [4.78, 5) is 16.8. The monoisotopic (exact) mass is 455 g/mol. The molecule has 0 fully saturated rings. The van der Waals surface area contributed by atoms with Crippen LogP contribution in [0.1, 0.15) is 44.7 Å². The first-order valence-corrected chi connectivity index (χ1v) is 11.8. The fourth-order valence-electron chi connectivity index (χ4n) is 3.66. The predicted octanol–water partition coefficient (Wildman–Crippen LogP) is 5.97. The van der Waals surface area contributed by atoms with Crippen LogP contribution in [0.3, 0.4) is 0 Å². The Morgan fingerprint density at radius 2 is 1.56 bits per heavy atom. The lowest BCUT2D eigenvalue weighted by Crippen LogP contribution is -2.22. The standard InChI is InChI=1S/C20H22N4O.C8H11N/c1-3-7-19-17(14-22-18-9-6-5-8-15(18)4-2)20(25)24(23-19)16-10-12-21-13-11-16;1-2-7-5-3-4-6-8(7)9/h5-6,8-14,22H,3-4,7H2,1-2H3;3-6H,2,9H2,1H3/b17-14-;. The summed E-state index contributed by atoms with van der Waals surface area (Å²) in [6, 6.07) is 19.6. The fourth-order valence-corrected chi connectivity index (χ4v) is 3.66. The minimum atomic E-state index is -0.115. The van der Waals surface area contributed by atoms with Crippen molar-refractivity contribution in [1.29, 1.82) is 0 Å². The second-order valence-corrected chi connectivity index (χ2v) is 7.88. The van der Waals surface area contributed by atoms with Gasteiger partial charge in [-0.3, -0.25) is 9.78 Å². The lowest BCUT2D eigenvalue weighted by molar-refractivity contribution is -0.114. The number of hydrogen-bond acceptors (Lipinski definition) is 5. The highest BCUT2D eigenvalue weighted by Gasteiger charge is 2.30. The van der Waals surface area contributed by atoms with Crippen molar-refractivity contribution in [3.05, 3.63) is 96.0 Å². The Kier molecular flexibility index (Phi) is 8.97. The van der Waals surface area contributed by atoms with E-state index in [2.05, 4.69) is 48.3 Å². The zero-order valence-corrected chi connectivity index (χ0v) is 20.2. The van der Waals surface area contributed by atoms with Crippen LogP contribution in [0.25, 0.3) is 0 Å². The first-order valence-electron chi connectivity index (χ1n) is 11.8. The predicted molar refractivity (Wildman–Crippen MR) is 142 cm³/mol. The molecule has 0 saturated heterocycles. The molecule has 0 radical (unpaired) electrons. The van der Waals surface area contributed by atoms with Gasteiger partial charge < -0.3 is 11.1 Å². The molecule has 0 saturated carbocycles. The Labute approximate surface area is 202 Å². The smallest absolute Gasteiger partial charge is 0.282 e. The van der Waals surface area contributed by atoms with Gasteiger partial charge in [0.05, 0.1) is 17.0 Å². The van der Waals surface area contributed by atoms with Crippen LogP contribution in [0.2, 0.25) is 0 Å². The van der Waals surface area contributed by atoms with E-state index in [1.165, 1.54) is 16.1 Å². The number of benzene rings is 2. The molecule has 0 aliphatic carbocycles. The molecule has 3 N–H and O–H groups in total. The van der Waals surface area contributed by atoms with Crippen molar-refractivity contribution in [2.75, 3.05) is 16.1 Å². The largest absolute Gasteiger partial charge is 0.399 e. The Morgan fingerprint density at radius 3 is 2.18 bits per heavy atom. The number of para-hydroxylation sites is 2. The third kappa shape index (κ3) is 6.10. The second kappa shape index (κ2) is 12.3. The number of anilines is 3. The van der Waals surface area contributed by atoms with E-state index in [1.807, 2.05) is 36.4 Å². The molecule has 2 heterocycles. The number of amides is 1. The average molecular weight is 456 g/mol. The summed E-state index contributed by atoms with van der Waals surface area (Å²) in [7, 11) is 0. The van der Waals surface area contributed by atoms with Crippen molar-refractivity contribution in [3.8, 4) is 0 Å². The van der Waals surface area contributed by atoms with Crippen molar-refractivity contribution >= 4 is 28.7 Å².